The van der Waals surface area contributed by atoms with E-state index in [1.54, 1.807) is 30.3 Å². The molecule has 0 N–H and O–H groups in total. The Morgan fingerprint density at radius 2 is 1.65 bits per heavy atom. The second-order valence-corrected chi connectivity index (χ2v) is 8.47. The van der Waals surface area contributed by atoms with E-state index in [4.69, 9.17) is 4.74 Å². The third-order valence-electron chi connectivity index (χ3n) is 5.34. The Kier molecular flexibility index (Phi) is 6.65. The fourth-order valence-corrected chi connectivity index (χ4v) is 4.54. The van der Waals surface area contributed by atoms with Gasteiger partial charge in [-0.05, 0) is 28.8 Å². The van der Waals surface area contributed by atoms with E-state index in [-0.39, 0.29) is 12.2 Å². The highest BCUT2D eigenvalue weighted by Gasteiger charge is 2.44. The number of hydrogen-bond acceptors (Lipinski definition) is 5. The van der Waals surface area contributed by atoms with Gasteiger partial charge in [0, 0.05) is 18.3 Å². The summed E-state index contributed by atoms with van der Waals surface area (Å²) in [6, 6.07) is 13.2. The van der Waals surface area contributed by atoms with Gasteiger partial charge in [0.05, 0.1) is 0 Å². The Balaban J connectivity index is 1.71. The number of alkyl halides is 4. The lowest BCUT2D eigenvalue weighted by Crippen LogP contribution is -2.41. The number of cyclic esters (lactones) is 1. The van der Waals surface area contributed by atoms with Crippen LogP contribution in [0.25, 0.3) is 0 Å². The largest absolute Gasteiger partial charge is 0.451 e. The molecule has 2 amide bonds. The number of carbonyl (C=O) groups excluding carboxylic acids is 2. The van der Waals surface area contributed by atoms with Gasteiger partial charge in [0.1, 0.15) is 23.3 Å². The summed E-state index contributed by atoms with van der Waals surface area (Å²) in [6.45, 7) is -0.0427. The summed E-state index contributed by atoms with van der Waals surface area (Å²) in [7, 11) is 0. The molecule has 0 aliphatic carbocycles. The Morgan fingerprint density at radius 1 is 1.03 bits per heavy atom. The maximum absolute atomic E-state index is 13.5. The van der Waals surface area contributed by atoms with E-state index in [9.17, 15) is 27.2 Å². The predicted octanol–water partition coefficient (Wildman–Crippen LogP) is 5.25. The van der Waals surface area contributed by atoms with Gasteiger partial charge in [0.25, 0.3) is 0 Å². The minimum Gasteiger partial charge on any atom is -0.446 e. The van der Waals surface area contributed by atoms with Crippen LogP contribution in [-0.2, 0) is 15.7 Å². The molecule has 11 heteroatoms. The van der Waals surface area contributed by atoms with Crippen molar-refractivity contribution in [2.75, 3.05) is 6.61 Å². The molecule has 0 bridgehead atoms. The SMILES string of the molecule is O=C1OCC(c2ccccc2)N1C(=O)[C@H](Br)[C@@H](c1ccc(F)cc1)c1cnc(C(F)(F)F)nc1. The first-order chi connectivity index (χ1) is 16.2. The van der Waals surface area contributed by atoms with E-state index in [0.29, 0.717) is 11.1 Å². The van der Waals surface area contributed by atoms with Crippen molar-refractivity contribution in [2.24, 2.45) is 0 Å². The van der Waals surface area contributed by atoms with Gasteiger partial charge in [0.2, 0.25) is 11.7 Å². The predicted molar refractivity (Wildman–Crippen MR) is 115 cm³/mol. The highest BCUT2D eigenvalue weighted by molar-refractivity contribution is 9.10. The molecule has 176 valence electrons. The molecule has 1 fully saturated rings. The molecule has 2 heterocycles. The van der Waals surface area contributed by atoms with Gasteiger partial charge in [0.15, 0.2) is 0 Å². The minimum absolute atomic E-state index is 0.0427. The quantitative estimate of drug-likeness (QED) is 0.328. The first kappa shape index (κ1) is 23.8. The zero-order valence-electron chi connectivity index (χ0n) is 17.2. The average molecular weight is 538 g/mol. The van der Waals surface area contributed by atoms with E-state index in [0.717, 1.165) is 29.4 Å². The van der Waals surface area contributed by atoms with Crippen molar-refractivity contribution in [1.29, 1.82) is 0 Å². The van der Waals surface area contributed by atoms with E-state index >= 15 is 0 Å². The zero-order valence-corrected chi connectivity index (χ0v) is 18.8. The molecule has 3 atom stereocenters. The number of imide groups is 1. The maximum Gasteiger partial charge on any atom is 0.451 e. The topological polar surface area (TPSA) is 72.4 Å². The number of rotatable bonds is 5. The summed E-state index contributed by atoms with van der Waals surface area (Å²) in [5.74, 6) is -3.47. The third kappa shape index (κ3) is 4.79. The fraction of sp³-hybridized carbons (Fsp3) is 0.217. The molecule has 1 aromatic heterocycles. The Hall–Kier alpha value is -3.34. The molecule has 0 saturated carbocycles. The smallest absolute Gasteiger partial charge is 0.446 e. The first-order valence-electron chi connectivity index (χ1n) is 10.00. The van der Waals surface area contributed by atoms with Crippen LogP contribution < -0.4 is 0 Å². The number of aromatic nitrogens is 2. The molecule has 1 unspecified atom stereocenters. The lowest BCUT2D eigenvalue weighted by atomic mass is 9.89. The molecule has 1 saturated heterocycles. The fourth-order valence-electron chi connectivity index (χ4n) is 3.71. The normalized spacial score (nSPS) is 17.9. The number of carbonyl (C=O) groups is 2. The van der Waals surface area contributed by atoms with E-state index in [1.807, 2.05) is 0 Å². The molecular formula is C23H16BrF4N3O3. The monoisotopic (exact) mass is 537 g/mol. The van der Waals surface area contributed by atoms with Crippen LogP contribution in [0.4, 0.5) is 22.4 Å². The number of hydrogen-bond donors (Lipinski definition) is 0. The summed E-state index contributed by atoms with van der Waals surface area (Å²) in [4.78, 5) is 32.6. The van der Waals surface area contributed by atoms with Crippen LogP contribution in [0.5, 0.6) is 0 Å². The number of nitrogens with zero attached hydrogens (tertiary/aromatic N) is 3. The van der Waals surface area contributed by atoms with Crippen molar-refractivity contribution in [3.63, 3.8) is 0 Å². The van der Waals surface area contributed by atoms with Crippen LogP contribution in [0.1, 0.15) is 34.5 Å². The average Bonchev–Trinajstić information content (AvgIpc) is 3.21. The van der Waals surface area contributed by atoms with Crippen LogP contribution in [-0.4, -0.2) is 38.3 Å². The summed E-state index contributed by atoms with van der Waals surface area (Å²) < 4.78 is 57.5. The zero-order chi connectivity index (χ0) is 24.5. The number of amides is 2. The third-order valence-corrected chi connectivity index (χ3v) is 6.26. The summed E-state index contributed by atoms with van der Waals surface area (Å²) in [6.07, 6.45) is -3.66. The van der Waals surface area contributed by atoms with Crippen LogP contribution in [0.3, 0.4) is 0 Å². The van der Waals surface area contributed by atoms with Gasteiger partial charge in [-0.3, -0.25) is 4.79 Å². The molecule has 0 spiro atoms. The molecule has 3 aromatic rings. The van der Waals surface area contributed by atoms with Crippen LogP contribution in [0.2, 0.25) is 0 Å². The second kappa shape index (κ2) is 9.49. The van der Waals surface area contributed by atoms with Crippen molar-refractivity contribution in [2.45, 2.75) is 23.0 Å². The molecule has 2 aromatic carbocycles. The Labute approximate surface area is 199 Å². The highest BCUT2D eigenvalue weighted by Crippen LogP contribution is 2.37. The van der Waals surface area contributed by atoms with E-state index in [1.165, 1.54) is 12.1 Å². The standard InChI is InChI=1S/C23H16BrF4N3O3/c24-19(20(32)31-17(12-34-22(31)33)13-4-2-1-3-5-13)18(14-6-8-16(25)9-7-14)15-10-29-21(30-11-15)23(26,27)28/h1-11,17-19H,12H2/t17?,18-,19+/m0/s1. The maximum atomic E-state index is 13.5. The molecule has 0 radical (unpaired) electrons. The molecule has 4 rings (SSSR count). The molecule has 6 nitrogen and oxygen atoms in total. The van der Waals surface area contributed by atoms with E-state index < -0.39 is 46.6 Å². The lowest BCUT2D eigenvalue weighted by Gasteiger charge is -2.27. The second-order valence-electron chi connectivity index (χ2n) is 7.48. The van der Waals surface area contributed by atoms with Crippen molar-refractivity contribution in [1.82, 2.24) is 14.9 Å². The van der Waals surface area contributed by atoms with Gasteiger partial charge < -0.3 is 4.74 Å². The van der Waals surface area contributed by atoms with Crippen molar-refractivity contribution >= 4 is 27.9 Å². The van der Waals surface area contributed by atoms with Gasteiger partial charge in [-0.2, -0.15) is 13.2 Å². The Bertz CT molecular complexity index is 1170. The lowest BCUT2D eigenvalue weighted by molar-refractivity contribution is -0.145. The van der Waals surface area contributed by atoms with Gasteiger partial charge in [-0.15, -0.1) is 0 Å². The molecular weight excluding hydrogens is 522 g/mol. The number of benzene rings is 2. The summed E-state index contributed by atoms with van der Waals surface area (Å²) in [5, 5.41) is 0. The van der Waals surface area contributed by atoms with Crippen molar-refractivity contribution < 1.29 is 31.9 Å². The first-order valence-corrected chi connectivity index (χ1v) is 10.9. The summed E-state index contributed by atoms with van der Waals surface area (Å²) >= 11 is 3.33. The van der Waals surface area contributed by atoms with Crippen LogP contribution in [0, 0.1) is 5.82 Å². The molecule has 1 aliphatic heterocycles. The van der Waals surface area contributed by atoms with E-state index in [2.05, 4.69) is 25.9 Å². The molecule has 34 heavy (non-hydrogen) atoms. The number of halogens is 5. The summed E-state index contributed by atoms with van der Waals surface area (Å²) in [5.41, 5.74) is 1.25. The van der Waals surface area contributed by atoms with Gasteiger partial charge in [-0.25, -0.2) is 24.1 Å². The van der Waals surface area contributed by atoms with Crippen molar-refractivity contribution in [3.8, 4) is 0 Å². The minimum atomic E-state index is -4.74. The van der Waals surface area contributed by atoms with Crippen molar-refractivity contribution in [3.05, 3.63) is 95.3 Å². The van der Waals surface area contributed by atoms with Crippen LogP contribution in [0.15, 0.2) is 67.0 Å². The highest BCUT2D eigenvalue weighted by atomic mass is 79.9. The van der Waals surface area contributed by atoms with Gasteiger partial charge in [-0.1, -0.05) is 58.4 Å². The van der Waals surface area contributed by atoms with Crippen LogP contribution >= 0.6 is 15.9 Å². The van der Waals surface area contributed by atoms with Gasteiger partial charge >= 0.3 is 12.3 Å². The molecule has 1 aliphatic rings. The Morgan fingerprint density at radius 3 is 2.24 bits per heavy atom. The number of ether oxygens (including phenoxy) is 1.